The van der Waals surface area contributed by atoms with Crippen LogP contribution in [0, 0.1) is 0 Å². The predicted octanol–water partition coefficient (Wildman–Crippen LogP) is 3.01. The quantitative estimate of drug-likeness (QED) is 0.275. The van der Waals surface area contributed by atoms with Crippen molar-refractivity contribution < 1.29 is 35.6 Å². The van der Waals surface area contributed by atoms with E-state index >= 15 is 0 Å². The minimum absolute atomic E-state index is 0. The number of hydrogen-bond acceptors (Lipinski definition) is 0. The van der Waals surface area contributed by atoms with Gasteiger partial charge in [0.05, 0.1) is 11.0 Å². The van der Waals surface area contributed by atoms with E-state index in [4.69, 9.17) is 0 Å². The zero-order chi connectivity index (χ0) is 23.9. The van der Waals surface area contributed by atoms with Crippen molar-refractivity contribution in [2.24, 2.45) is 0 Å². The molecule has 6 aromatic carbocycles. The minimum atomic E-state index is 0. The Bertz CT molecular complexity index is 1760. The Kier molecular flexibility index (Phi) is 8.42. The Morgan fingerprint density at radius 3 is 1.18 bits per heavy atom. The van der Waals surface area contributed by atoms with E-state index in [-0.39, 0.29) is 35.6 Å². The van der Waals surface area contributed by atoms with Gasteiger partial charge in [0.2, 0.25) is 0 Å². The molecule has 2 aromatic heterocycles. The molecule has 0 amide bonds. The summed E-state index contributed by atoms with van der Waals surface area (Å²) >= 11 is 0. The van der Waals surface area contributed by atoms with Gasteiger partial charge in [0.25, 0.3) is 0 Å². The van der Waals surface area contributed by atoms with Crippen LogP contribution in [0.1, 0.15) is 0 Å². The largest absolute Gasteiger partial charge is 4.00 e. The van der Waals surface area contributed by atoms with E-state index < -0.39 is 0 Å². The molecule has 8 rings (SSSR count). The van der Waals surface area contributed by atoms with Crippen LogP contribution in [0.15, 0.2) is 146 Å². The Labute approximate surface area is 244 Å². The predicted molar refractivity (Wildman–Crippen MR) is 153 cm³/mol. The monoisotopic (exact) mass is 588 g/mol. The molecule has 0 aliphatic carbocycles. The van der Waals surface area contributed by atoms with Crippen molar-refractivity contribution in [3.8, 4) is 11.4 Å². The van der Waals surface area contributed by atoms with Gasteiger partial charge in [0, 0.05) is 12.4 Å². The maximum absolute atomic E-state index is 2.25. The third kappa shape index (κ3) is 5.15. The topological polar surface area (TPSA) is 9.86 Å². The molecular weight excluding hydrogens is 566 g/mol. The van der Waals surface area contributed by atoms with E-state index in [2.05, 4.69) is 155 Å². The fourth-order valence-corrected chi connectivity index (χ4v) is 5.16. The molecule has 0 saturated heterocycles. The van der Waals surface area contributed by atoms with Crippen molar-refractivity contribution in [2.45, 2.75) is 0 Å². The van der Waals surface area contributed by atoms with Gasteiger partial charge in [-0.3, -0.25) is 0 Å². The maximum atomic E-state index is 2.25. The molecule has 8 aromatic rings. The van der Waals surface area contributed by atoms with E-state index in [0.717, 1.165) is 0 Å². The Morgan fingerprint density at radius 2 is 0.769 bits per heavy atom. The summed E-state index contributed by atoms with van der Waals surface area (Å²) in [5.74, 6) is 0. The number of fused-ring (bicyclic) bond motifs is 4. The molecule has 5 heteroatoms. The van der Waals surface area contributed by atoms with Crippen LogP contribution in [0.5, 0.6) is 0 Å². The third-order valence-electron chi connectivity index (χ3n) is 6.96. The van der Waals surface area contributed by atoms with Gasteiger partial charge in [0.15, 0.2) is 0 Å². The zero-order valence-electron chi connectivity index (χ0n) is 21.0. The molecule has 188 valence electrons. The van der Waals surface area contributed by atoms with E-state index in [1.807, 2.05) is 0 Å². The van der Waals surface area contributed by atoms with Crippen molar-refractivity contribution in [1.29, 1.82) is 0 Å². The zero-order valence-corrected chi connectivity index (χ0v) is 23.5. The number of hydrogen-bond donors (Lipinski definition) is 0. The summed E-state index contributed by atoms with van der Waals surface area (Å²) in [7, 11) is 0. The first kappa shape index (κ1) is 27.9. The first-order valence-corrected chi connectivity index (χ1v) is 12.3. The van der Waals surface area contributed by atoms with Crippen LogP contribution < -0.4 is 9.41 Å². The summed E-state index contributed by atoms with van der Waals surface area (Å²) in [6.07, 6.45) is 4.28. The number of halogens is 2. The van der Waals surface area contributed by atoms with E-state index in [9.17, 15) is 0 Å². The summed E-state index contributed by atoms with van der Waals surface area (Å²) in [4.78, 5) is 0. The van der Waals surface area contributed by atoms with Gasteiger partial charge < -0.3 is 18.5 Å². The fraction of sp³-hybridized carbons (Fsp3) is 0. The van der Waals surface area contributed by atoms with Crippen molar-refractivity contribution >= 4 is 43.4 Å². The molecule has 0 N–H and O–H groups in total. The first-order chi connectivity index (χ1) is 17.8. The molecule has 0 unspecified atom stereocenters. The third-order valence-corrected chi connectivity index (χ3v) is 6.96. The average Bonchev–Trinajstić information content (AvgIpc) is 3.71. The number of nitrogens with zero attached hydrogens (tertiary/aromatic N) is 2. The van der Waals surface area contributed by atoms with Crippen LogP contribution >= 0.6 is 0 Å². The maximum Gasteiger partial charge on any atom is 4.00 e. The van der Waals surface area contributed by atoms with E-state index in [0.29, 0.717) is 0 Å². The first-order valence-electron chi connectivity index (χ1n) is 12.3. The van der Waals surface area contributed by atoms with Gasteiger partial charge >= 0.3 is 26.2 Å². The van der Waals surface area contributed by atoms with Crippen molar-refractivity contribution in [1.82, 2.24) is 9.13 Å². The molecular formula is C34H24F2N2Zr. The standard InChI is InChI=1S/2C17H12N.2FH.Zr/c2*1-2-7-15-12-16(11-14(15)6-1)18-10-9-13-5-3-4-8-17(13)18;;;/h2*1-12H;2*1H;/q2*-1;;;+4/p-2. The minimum Gasteiger partial charge on any atom is -1.00 e. The van der Waals surface area contributed by atoms with Gasteiger partial charge in [-0.15, -0.1) is 82.2 Å². The van der Waals surface area contributed by atoms with Crippen LogP contribution in [0.25, 0.3) is 54.7 Å². The average molecular weight is 590 g/mol. The molecule has 39 heavy (non-hydrogen) atoms. The molecule has 0 atom stereocenters. The summed E-state index contributed by atoms with van der Waals surface area (Å²) in [5, 5.41) is 7.75. The number of benzene rings is 4. The van der Waals surface area contributed by atoms with Gasteiger partial charge in [0.1, 0.15) is 0 Å². The molecule has 0 saturated carbocycles. The molecule has 0 bridgehead atoms. The second kappa shape index (κ2) is 11.8. The normalized spacial score (nSPS) is 10.5. The van der Waals surface area contributed by atoms with Crippen molar-refractivity contribution in [2.75, 3.05) is 0 Å². The Balaban J connectivity index is 0.000000168. The van der Waals surface area contributed by atoms with Crippen molar-refractivity contribution in [3.63, 3.8) is 0 Å². The Hall–Kier alpha value is -4.08. The number of para-hydroxylation sites is 2. The molecule has 0 aliphatic rings. The number of aromatic nitrogens is 2. The van der Waals surface area contributed by atoms with E-state index in [1.165, 1.54) is 54.7 Å². The molecule has 2 heterocycles. The van der Waals surface area contributed by atoms with Crippen molar-refractivity contribution in [3.05, 3.63) is 146 Å². The van der Waals surface area contributed by atoms with Crippen LogP contribution in [-0.2, 0) is 26.2 Å². The van der Waals surface area contributed by atoms with Gasteiger partial charge in [-0.05, 0) is 46.4 Å². The van der Waals surface area contributed by atoms with Gasteiger partial charge in [-0.25, -0.2) is 0 Å². The van der Waals surface area contributed by atoms with E-state index in [1.54, 1.807) is 0 Å². The second-order valence-electron chi connectivity index (χ2n) is 9.17. The fourth-order valence-electron chi connectivity index (χ4n) is 5.16. The van der Waals surface area contributed by atoms with Crippen LogP contribution in [0.2, 0.25) is 0 Å². The summed E-state index contributed by atoms with van der Waals surface area (Å²) < 4.78 is 4.49. The smallest absolute Gasteiger partial charge is 1.00 e. The molecule has 0 fully saturated rings. The summed E-state index contributed by atoms with van der Waals surface area (Å²) in [5.41, 5.74) is 4.98. The molecule has 0 radical (unpaired) electrons. The van der Waals surface area contributed by atoms with Crippen LogP contribution in [0.3, 0.4) is 0 Å². The van der Waals surface area contributed by atoms with Crippen LogP contribution in [0.4, 0.5) is 0 Å². The van der Waals surface area contributed by atoms with Gasteiger partial charge in [-0.1, -0.05) is 48.5 Å². The summed E-state index contributed by atoms with van der Waals surface area (Å²) in [6, 6.07) is 47.2. The van der Waals surface area contributed by atoms with Gasteiger partial charge in [-0.2, -0.15) is 0 Å². The summed E-state index contributed by atoms with van der Waals surface area (Å²) in [6.45, 7) is 0. The molecule has 0 aliphatic heterocycles. The molecule has 2 nitrogen and oxygen atoms in total. The Morgan fingerprint density at radius 1 is 0.410 bits per heavy atom. The number of rotatable bonds is 2. The molecule has 0 spiro atoms. The second-order valence-corrected chi connectivity index (χ2v) is 9.17. The van der Waals surface area contributed by atoms with Crippen LogP contribution in [-0.4, -0.2) is 9.13 Å². The SMILES string of the molecule is [F-].[F-].[Zr+4].c1ccc2[cH-]c(-n3ccc4ccccc43)cc2c1.c1ccc2[cH-]c(-n3ccc4ccccc43)cc2c1.